The van der Waals surface area contributed by atoms with E-state index in [1.807, 2.05) is 30.3 Å². The smallest absolute Gasteiger partial charge is 0.412 e. The molecule has 2 aromatic rings. The molecule has 0 aliphatic rings. The molecule has 0 fully saturated rings. The number of nitrogen functional groups attached to an aromatic ring is 1. The van der Waals surface area contributed by atoms with Crippen molar-refractivity contribution in [3.8, 4) is 11.5 Å². The molecule has 0 heterocycles. The molecular weight excluding hydrogens is 284 g/mol. The van der Waals surface area contributed by atoms with Gasteiger partial charge in [-0.1, -0.05) is 30.3 Å². The molecule has 0 saturated heterocycles. The highest BCUT2D eigenvalue weighted by molar-refractivity contribution is 5.88. The number of methoxy groups -OCH3 is 2. The second kappa shape index (κ2) is 7.21. The van der Waals surface area contributed by atoms with Crippen molar-refractivity contribution in [2.24, 2.45) is 0 Å². The van der Waals surface area contributed by atoms with Crippen LogP contribution in [-0.2, 0) is 11.3 Å². The van der Waals surface area contributed by atoms with Crippen LogP contribution in [0.15, 0.2) is 42.5 Å². The molecular formula is C16H18N2O4. The van der Waals surface area contributed by atoms with Gasteiger partial charge in [-0.3, -0.25) is 5.32 Å². The average molecular weight is 302 g/mol. The van der Waals surface area contributed by atoms with Gasteiger partial charge in [0.1, 0.15) is 18.1 Å². The van der Waals surface area contributed by atoms with Crippen molar-refractivity contribution in [2.45, 2.75) is 6.61 Å². The molecule has 0 unspecified atom stereocenters. The lowest BCUT2D eigenvalue weighted by Gasteiger charge is -2.13. The van der Waals surface area contributed by atoms with E-state index in [1.165, 1.54) is 14.2 Å². The number of rotatable bonds is 5. The van der Waals surface area contributed by atoms with Gasteiger partial charge >= 0.3 is 6.09 Å². The Bertz CT molecular complexity index is 644. The Balaban J connectivity index is 2.04. The summed E-state index contributed by atoms with van der Waals surface area (Å²) in [5.74, 6) is 0.870. The van der Waals surface area contributed by atoms with Gasteiger partial charge < -0.3 is 19.9 Å². The number of carbonyl (C=O) groups is 1. The Labute approximate surface area is 128 Å². The van der Waals surface area contributed by atoms with Crippen LogP contribution in [0.4, 0.5) is 16.2 Å². The van der Waals surface area contributed by atoms with Crippen molar-refractivity contribution in [2.75, 3.05) is 25.3 Å². The molecule has 0 aliphatic heterocycles. The molecule has 0 spiro atoms. The number of hydrogen-bond donors (Lipinski definition) is 2. The summed E-state index contributed by atoms with van der Waals surface area (Å²) in [6.45, 7) is 0.182. The first-order valence-electron chi connectivity index (χ1n) is 6.63. The SMILES string of the molecule is COc1cc(NC(=O)OCc2ccccc2)c(OC)cc1N. The first kappa shape index (κ1) is 15.5. The fourth-order valence-corrected chi connectivity index (χ4v) is 1.89. The Hall–Kier alpha value is -2.89. The van der Waals surface area contributed by atoms with Crippen molar-refractivity contribution < 1.29 is 19.0 Å². The molecule has 1 amide bonds. The van der Waals surface area contributed by atoms with Crippen molar-refractivity contribution in [3.63, 3.8) is 0 Å². The molecule has 6 nitrogen and oxygen atoms in total. The summed E-state index contributed by atoms with van der Waals surface area (Å²) in [6, 6.07) is 12.6. The quantitative estimate of drug-likeness (QED) is 0.829. The Kier molecular flexibility index (Phi) is 5.08. The third-order valence-corrected chi connectivity index (χ3v) is 3.00. The predicted molar refractivity (Wildman–Crippen MR) is 84.2 cm³/mol. The summed E-state index contributed by atoms with van der Waals surface area (Å²) >= 11 is 0. The molecule has 2 aromatic carbocycles. The van der Waals surface area contributed by atoms with E-state index in [-0.39, 0.29) is 6.61 Å². The highest BCUT2D eigenvalue weighted by atomic mass is 16.5. The third kappa shape index (κ3) is 3.82. The highest BCUT2D eigenvalue weighted by Gasteiger charge is 2.12. The maximum atomic E-state index is 11.9. The molecule has 0 bridgehead atoms. The summed E-state index contributed by atoms with van der Waals surface area (Å²) in [6.07, 6.45) is -0.589. The minimum Gasteiger partial charge on any atom is -0.495 e. The van der Waals surface area contributed by atoms with Gasteiger partial charge in [-0.25, -0.2) is 4.79 Å². The molecule has 22 heavy (non-hydrogen) atoms. The number of nitrogens with one attached hydrogen (secondary N) is 1. The molecule has 2 rings (SSSR count). The van der Waals surface area contributed by atoms with Crippen LogP contribution in [0.25, 0.3) is 0 Å². The Morgan fingerprint density at radius 1 is 1.09 bits per heavy atom. The molecule has 0 saturated carbocycles. The van der Waals surface area contributed by atoms with Gasteiger partial charge in [0.05, 0.1) is 25.6 Å². The Morgan fingerprint density at radius 3 is 2.41 bits per heavy atom. The van der Waals surface area contributed by atoms with Gasteiger partial charge in [-0.2, -0.15) is 0 Å². The zero-order chi connectivity index (χ0) is 15.9. The van der Waals surface area contributed by atoms with Gasteiger partial charge in [0, 0.05) is 12.1 Å². The monoisotopic (exact) mass is 302 g/mol. The molecule has 0 atom stereocenters. The average Bonchev–Trinajstić information content (AvgIpc) is 2.55. The third-order valence-electron chi connectivity index (χ3n) is 3.00. The van der Waals surface area contributed by atoms with E-state index in [1.54, 1.807) is 12.1 Å². The minimum atomic E-state index is -0.589. The minimum absolute atomic E-state index is 0.182. The fourth-order valence-electron chi connectivity index (χ4n) is 1.89. The lowest BCUT2D eigenvalue weighted by molar-refractivity contribution is 0.155. The molecule has 0 aromatic heterocycles. The standard InChI is InChI=1S/C16H18N2O4/c1-20-14-9-13(15(21-2)8-12(14)17)18-16(19)22-10-11-6-4-3-5-7-11/h3-9H,10,17H2,1-2H3,(H,18,19). The zero-order valence-electron chi connectivity index (χ0n) is 12.5. The number of nitrogens with two attached hydrogens (primary N) is 1. The van der Waals surface area contributed by atoms with E-state index in [0.29, 0.717) is 22.9 Å². The second-order valence-corrected chi connectivity index (χ2v) is 4.48. The van der Waals surface area contributed by atoms with Crippen LogP contribution in [0.2, 0.25) is 0 Å². The summed E-state index contributed by atoms with van der Waals surface area (Å²) < 4.78 is 15.5. The normalized spacial score (nSPS) is 9.91. The molecule has 116 valence electrons. The fraction of sp³-hybridized carbons (Fsp3) is 0.188. The van der Waals surface area contributed by atoms with Gasteiger partial charge in [0.15, 0.2) is 0 Å². The second-order valence-electron chi connectivity index (χ2n) is 4.48. The lowest BCUT2D eigenvalue weighted by Crippen LogP contribution is -2.14. The number of carbonyl (C=O) groups excluding carboxylic acids is 1. The van der Waals surface area contributed by atoms with Crippen LogP contribution in [0, 0.1) is 0 Å². The van der Waals surface area contributed by atoms with Crippen LogP contribution in [0.5, 0.6) is 11.5 Å². The van der Waals surface area contributed by atoms with Gasteiger partial charge in [-0.15, -0.1) is 0 Å². The zero-order valence-corrected chi connectivity index (χ0v) is 12.5. The molecule has 0 radical (unpaired) electrons. The maximum Gasteiger partial charge on any atom is 0.412 e. The van der Waals surface area contributed by atoms with Crippen LogP contribution in [0.3, 0.4) is 0 Å². The van der Waals surface area contributed by atoms with E-state index in [4.69, 9.17) is 19.9 Å². The number of hydrogen-bond acceptors (Lipinski definition) is 5. The largest absolute Gasteiger partial charge is 0.495 e. The van der Waals surface area contributed by atoms with E-state index < -0.39 is 6.09 Å². The van der Waals surface area contributed by atoms with Crippen molar-refractivity contribution in [1.29, 1.82) is 0 Å². The van der Waals surface area contributed by atoms with Crippen LogP contribution >= 0.6 is 0 Å². The summed E-state index contributed by atoms with van der Waals surface area (Å²) in [4.78, 5) is 11.9. The van der Waals surface area contributed by atoms with Crippen LogP contribution < -0.4 is 20.5 Å². The van der Waals surface area contributed by atoms with E-state index in [2.05, 4.69) is 5.32 Å². The van der Waals surface area contributed by atoms with Crippen LogP contribution in [-0.4, -0.2) is 20.3 Å². The summed E-state index contributed by atoms with van der Waals surface area (Å²) in [5.41, 5.74) is 7.54. The topological polar surface area (TPSA) is 82.8 Å². The highest BCUT2D eigenvalue weighted by Crippen LogP contribution is 2.34. The van der Waals surface area contributed by atoms with Crippen molar-refractivity contribution in [3.05, 3.63) is 48.0 Å². The number of benzene rings is 2. The van der Waals surface area contributed by atoms with Crippen molar-refractivity contribution >= 4 is 17.5 Å². The molecule has 6 heteroatoms. The summed E-state index contributed by atoms with van der Waals surface area (Å²) in [5, 5.41) is 2.61. The molecule has 0 aliphatic carbocycles. The summed E-state index contributed by atoms with van der Waals surface area (Å²) in [7, 11) is 2.98. The van der Waals surface area contributed by atoms with E-state index >= 15 is 0 Å². The first-order chi connectivity index (χ1) is 10.6. The number of ether oxygens (including phenoxy) is 3. The van der Waals surface area contributed by atoms with Crippen LogP contribution in [0.1, 0.15) is 5.56 Å². The molecule has 3 N–H and O–H groups in total. The number of anilines is 2. The predicted octanol–water partition coefficient (Wildman–Crippen LogP) is 3.03. The van der Waals surface area contributed by atoms with Gasteiger partial charge in [0.2, 0.25) is 0 Å². The first-order valence-corrected chi connectivity index (χ1v) is 6.63. The number of amides is 1. The van der Waals surface area contributed by atoms with E-state index in [0.717, 1.165) is 5.56 Å². The Morgan fingerprint density at radius 2 is 1.77 bits per heavy atom. The van der Waals surface area contributed by atoms with E-state index in [9.17, 15) is 4.79 Å². The maximum absolute atomic E-state index is 11.9. The lowest BCUT2D eigenvalue weighted by atomic mass is 10.2. The van der Waals surface area contributed by atoms with Gasteiger partial charge in [-0.05, 0) is 5.56 Å². The van der Waals surface area contributed by atoms with Crippen molar-refractivity contribution in [1.82, 2.24) is 0 Å². The van der Waals surface area contributed by atoms with Gasteiger partial charge in [0.25, 0.3) is 0 Å².